The smallest absolute Gasteiger partial charge is 0.0598 e. The Bertz CT molecular complexity index is 233. The Kier molecular flexibility index (Phi) is 4.11. The second-order valence-electron chi connectivity index (χ2n) is 6.65. The third-order valence-corrected chi connectivity index (χ3v) is 3.89. The second kappa shape index (κ2) is 5.25. The van der Waals surface area contributed by atoms with Gasteiger partial charge in [0.1, 0.15) is 0 Å². The highest BCUT2D eigenvalue weighted by Gasteiger charge is 2.40. The van der Waals surface area contributed by atoms with Crippen molar-refractivity contribution in [1.82, 2.24) is 4.90 Å². The molecular formula is C14H27NO2. The summed E-state index contributed by atoms with van der Waals surface area (Å²) in [5, 5.41) is 0. The number of rotatable bonds is 4. The largest absolute Gasteiger partial charge is 0.380 e. The molecule has 1 spiro atoms. The van der Waals surface area contributed by atoms with Gasteiger partial charge in [-0.05, 0) is 53.1 Å². The maximum Gasteiger partial charge on any atom is 0.0598 e. The average molecular weight is 241 g/mol. The predicted molar refractivity (Wildman–Crippen MR) is 69.2 cm³/mol. The lowest BCUT2D eigenvalue weighted by Gasteiger charge is -2.47. The molecule has 2 fully saturated rings. The molecule has 3 nitrogen and oxygen atoms in total. The minimum absolute atomic E-state index is 0.00915. The van der Waals surface area contributed by atoms with Gasteiger partial charge in [-0.25, -0.2) is 0 Å². The van der Waals surface area contributed by atoms with Crippen molar-refractivity contribution in [3.63, 3.8) is 0 Å². The van der Waals surface area contributed by atoms with Crippen LogP contribution in [0.4, 0.5) is 0 Å². The summed E-state index contributed by atoms with van der Waals surface area (Å²) in [7, 11) is 0. The predicted octanol–water partition coefficient (Wildman–Crippen LogP) is 2.30. The molecule has 17 heavy (non-hydrogen) atoms. The van der Waals surface area contributed by atoms with Crippen LogP contribution in [0.5, 0.6) is 0 Å². The van der Waals surface area contributed by atoms with E-state index < -0.39 is 0 Å². The Morgan fingerprint density at radius 1 is 1.18 bits per heavy atom. The lowest BCUT2D eigenvalue weighted by Crippen LogP contribution is -2.51. The summed E-state index contributed by atoms with van der Waals surface area (Å²) in [4.78, 5) is 2.58. The molecule has 0 aromatic carbocycles. The van der Waals surface area contributed by atoms with Gasteiger partial charge in [0.25, 0.3) is 0 Å². The fourth-order valence-electron chi connectivity index (χ4n) is 2.60. The van der Waals surface area contributed by atoms with Crippen molar-refractivity contribution in [3.8, 4) is 0 Å². The van der Waals surface area contributed by atoms with Crippen molar-refractivity contribution in [1.29, 1.82) is 0 Å². The molecule has 0 aromatic rings. The van der Waals surface area contributed by atoms with Gasteiger partial charge < -0.3 is 14.4 Å². The van der Waals surface area contributed by atoms with Gasteiger partial charge in [-0.15, -0.1) is 0 Å². The second-order valence-corrected chi connectivity index (χ2v) is 6.65. The maximum absolute atomic E-state index is 5.75. The number of piperidine rings is 1. The Hall–Kier alpha value is -0.120. The van der Waals surface area contributed by atoms with Crippen LogP contribution in [0.2, 0.25) is 0 Å². The lowest BCUT2D eigenvalue weighted by molar-refractivity contribution is -0.140. The SMILES string of the molecule is CC(C)(C)OCCCN1CCC2(CC1)COC2. The molecule has 0 amide bonds. The number of hydrogen-bond donors (Lipinski definition) is 0. The Morgan fingerprint density at radius 3 is 2.29 bits per heavy atom. The molecule has 0 aliphatic carbocycles. The molecule has 2 heterocycles. The van der Waals surface area contributed by atoms with E-state index in [2.05, 4.69) is 25.7 Å². The Morgan fingerprint density at radius 2 is 1.82 bits per heavy atom. The van der Waals surface area contributed by atoms with E-state index >= 15 is 0 Å². The fraction of sp³-hybridized carbons (Fsp3) is 1.00. The molecular weight excluding hydrogens is 214 g/mol. The lowest BCUT2D eigenvalue weighted by atomic mass is 9.77. The summed E-state index contributed by atoms with van der Waals surface area (Å²) >= 11 is 0. The van der Waals surface area contributed by atoms with E-state index in [0.717, 1.165) is 26.2 Å². The van der Waals surface area contributed by atoms with Crippen LogP contribution in [0.3, 0.4) is 0 Å². The monoisotopic (exact) mass is 241 g/mol. The summed E-state index contributed by atoms with van der Waals surface area (Å²) in [6.07, 6.45) is 3.81. The van der Waals surface area contributed by atoms with Gasteiger partial charge in [0.2, 0.25) is 0 Å². The average Bonchev–Trinajstić information content (AvgIpc) is 2.22. The van der Waals surface area contributed by atoms with Gasteiger partial charge in [0, 0.05) is 18.6 Å². The first-order chi connectivity index (χ1) is 7.99. The zero-order valence-corrected chi connectivity index (χ0v) is 11.6. The summed E-state index contributed by atoms with van der Waals surface area (Å²) in [5.74, 6) is 0. The normalized spacial score (nSPS) is 24.9. The molecule has 0 unspecified atom stereocenters. The van der Waals surface area contributed by atoms with Crippen molar-refractivity contribution in [2.75, 3.05) is 39.5 Å². The first-order valence-corrected chi connectivity index (χ1v) is 6.93. The van der Waals surface area contributed by atoms with E-state index in [1.54, 1.807) is 0 Å². The Labute approximate surface area is 105 Å². The molecule has 2 rings (SSSR count). The van der Waals surface area contributed by atoms with Crippen molar-refractivity contribution in [2.45, 2.75) is 45.6 Å². The summed E-state index contributed by atoms with van der Waals surface area (Å²) < 4.78 is 11.1. The van der Waals surface area contributed by atoms with Crippen molar-refractivity contribution in [3.05, 3.63) is 0 Å². The van der Waals surface area contributed by atoms with Crippen LogP contribution >= 0.6 is 0 Å². The molecule has 0 saturated carbocycles. The van der Waals surface area contributed by atoms with Crippen LogP contribution in [0, 0.1) is 5.41 Å². The summed E-state index contributed by atoms with van der Waals surface area (Å²) in [5.41, 5.74) is 0.577. The van der Waals surface area contributed by atoms with Crippen LogP contribution in [-0.2, 0) is 9.47 Å². The highest BCUT2D eigenvalue weighted by molar-refractivity contribution is 4.90. The van der Waals surface area contributed by atoms with Crippen molar-refractivity contribution >= 4 is 0 Å². The number of hydrogen-bond acceptors (Lipinski definition) is 3. The van der Waals surface area contributed by atoms with Crippen LogP contribution in [0.25, 0.3) is 0 Å². The number of nitrogens with zero attached hydrogens (tertiary/aromatic N) is 1. The van der Waals surface area contributed by atoms with Gasteiger partial charge >= 0.3 is 0 Å². The Balaban J connectivity index is 1.56. The first kappa shape index (κ1) is 13.3. The molecule has 0 aromatic heterocycles. The molecule has 2 saturated heterocycles. The van der Waals surface area contributed by atoms with E-state index in [0.29, 0.717) is 5.41 Å². The molecule has 2 aliphatic rings. The van der Waals surface area contributed by atoms with Gasteiger partial charge in [-0.3, -0.25) is 0 Å². The minimum atomic E-state index is 0.00915. The van der Waals surface area contributed by atoms with E-state index in [1.807, 2.05) is 0 Å². The highest BCUT2D eigenvalue weighted by Crippen LogP contribution is 2.38. The van der Waals surface area contributed by atoms with Crippen molar-refractivity contribution < 1.29 is 9.47 Å². The van der Waals surface area contributed by atoms with Gasteiger partial charge in [0.15, 0.2) is 0 Å². The third kappa shape index (κ3) is 3.94. The van der Waals surface area contributed by atoms with Gasteiger partial charge in [0.05, 0.1) is 18.8 Å². The summed E-state index contributed by atoms with van der Waals surface area (Å²) in [6, 6.07) is 0. The number of ether oxygens (including phenoxy) is 2. The van der Waals surface area contributed by atoms with Crippen LogP contribution < -0.4 is 0 Å². The van der Waals surface area contributed by atoms with Gasteiger partial charge in [-0.2, -0.15) is 0 Å². The minimum Gasteiger partial charge on any atom is -0.380 e. The first-order valence-electron chi connectivity index (χ1n) is 6.93. The van der Waals surface area contributed by atoms with E-state index in [9.17, 15) is 0 Å². The van der Waals surface area contributed by atoms with Crippen LogP contribution in [0.15, 0.2) is 0 Å². The molecule has 0 bridgehead atoms. The molecule has 3 heteroatoms. The topological polar surface area (TPSA) is 21.7 Å². The molecule has 100 valence electrons. The maximum atomic E-state index is 5.75. The van der Waals surface area contributed by atoms with E-state index in [4.69, 9.17) is 9.47 Å². The fourth-order valence-corrected chi connectivity index (χ4v) is 2.60. The third-order valence-electron chi connectivity index (χ3n) is 3.89. The molecule has 0 atom stereocenters. The molecule has 0 radical (unpaired) electrons. The van der Waals surface area contributed by atoms with E-state index in [-0.39, 0.29) is 5.60 Å². The zero-order chi connectivity index (χ0) is 12.4. The van der Waals surface area contributed by atoms with Crippen LogP contribution in [-0.4, -0.2) is 50.0 Å². The van der Waals surface area contributed by atoms with E-state index in [1.165, 1.54) is 32.5 Å². The van der Waals surface area contributed by atoms with Gasteiger partial charge in [-0.1, -0.05) is 0 Å². The quantitative estimate of drug-likeness (QED) is 0.705. The van der Waals surface area contributed by atoms with Crippen molar-refractivity contribution in [2.24, 2.45) is 5.41 Å². The zero-order valence-electron chi connectivity index (χ0n) is 11.6. The molecule has 0 N–H and O–H groups in total. The summed E-state index contributed by atoms with van der Waals surface area (Å²) in [6.45, 7) is 12.9. The number of likely N-dealkylation sites (tertiary alicyclic amines) is 1. The standard InChI is InChI=1S/C14H27NO2/c1-13(2,3)17-10-4-7-15-8-5-14(6-9-15)11-16-12-14/h4-12H2,1-3H3. The highest BCUT2D eigenvalue weighted by atomic mass is 16.5. The molecule has 2 aliphatic heterocycles. The van der Waals surface area contributed by atoms with Crippen LogP contribution in [0.1, 0.15) is 40.0 Å².